The highest BCUT2D eigenvalue weighted by Gasteiger charge is 2.33. The predicted molar refractivity (Wildman–Crippen MR) is 62.2 cm³/mol. The molecule has 0 radical (unpaired) electrons. The lowest BCUT2D eigenvalue weighted by Gasteiger charge is -2.12. The summed E-state index contributed by atoms with van der Waals surface area (Å²) in [7, 11) is 0. The molecule has 0 atom stereocenters. The van der Waals surface area contributed by atoms with E-state index in [1.165, 1.54) is 24.3 Å². The van der Waals surface area contributed by atoms with Gasteiger partial charge in [0.2, 0.25) is 5.28 Å². The Hall–Kier alpha value is -1.62. The summed E-state index contributed by atoms with van der Waals surface area (Å²) >= 11 is 5.66. The third-order valence-corrected chi connectivity index (χ3v) is 2.50. The molecule has 0 aliphatic carbocycles. The van der Waals surface area contributed by atoms with Crippen molar-refractivity contribution >= 4 is 11.6 Å². The van der Waals surface area contributed by atoms with Crippen LogP contribution in [0.3, 0.4) is 0 Å². The molecule has 6 heteroatoms. The molecule has 1 aromatic heterocycles. The number of nitrogens with zero attached hydrogens (tertiary/aromatic N) is 2. The van der Waals surface area contributed by atoms with Crippen molar-refractivity contribution in [1.82, 2.24) is 9.97 Å². The topological polar surface area (TPSA) is 25.8 Å². The van der Waals surface area contributed by atoms with Gasteiger partial charge >= 0.3 is 6.18 Å². The number of rotatable bonds is 1. The molecule has 0 bridgehead atoms. The molecule has 0 aliphatic rings. The number of hydrogen-bond acceptors (Lipinski definition) is 2. The van der Waals surface area contributed by atoms with Gasteiger partial charge in [-0.25, -0.2) is 9.97 Å². The molecule has 0 N–H and O–H groups in total. The van der Waals surface area contributed by atoms with E-state index in [0.717, 1.165) is 6.07 Å². The molecule has 0 amide bonds. The number of aromatic nitrogens is 2. The van der Waals surface area contributed by atoms with Crippen LogP contribution in [0.2, 0.25) is 5.28 Å². The van der Waals surface area contributed by atoms with Gasteiger partial charge in [-0.3, -0.25) is 0 Å². The normalized spacial score (nSPS) is 11.6. The summed E-state index contributed by atoms with van der Waals surface area (Å²) in [5.41, 5.74) is -0.0565. The Kier molecular flexibility index (Phi) is 3.26. The standard InChI is InChI=1S/C12H8ClF3N2/c1-7-6-10(18-11(13)17-7)8-4-2-3-5-9(8)12(14,15)16/h2-6H,1H3. The third-order valence-electron chi connectivity index (χ3n) is 2.34. The summed E-state index contributed by atoms with van der Waals surface area (Å²) in [5.74, 6) is 0. The van der Waals surface area contributed by atoms with Crippen LogP contribution >= 0.6 is 11.6 Å². The predicted octanol–water partition coefficient (Wildman–Crippen LogP) is 4.12. The molecule has 0 saturated heterocycles. The van der Waals surface area contributed by atoms with Gasteiger partial charge < -0.3 is 0 Å². The first-order valence-corrected chi connectivity index (χ1v) is 5.43. The van der Waals surface area contributed by atoms with Crippen molar-refractivity contribution < 1.29 is 13.2 Å². The Labute approximate surface area is 106 Å². The van der Waals surface area contributed by atoms with E-state index in [0.29, 0.717) is 5.69 Å². The summed E-state index contributed by atoms with van der Waals surface area (Å²) in [4.78, 5) is 7.66. The Bertz CT molecular complexity index is 562. The molecule has 1 aromatic carbocycles. The van der Waals surface area contributed by atoms with Gasteiger partial charge in [-0.05, 0) is 30.7 Å². The van der Waals surface area contributed by atoms with E-state index in [-0.39, 0.29) is 16.5 Å². The molecule has 94 valence electrons. The minimum absolute atomic E-state index is 0.00241. The molecule has 1 heterocycles. The summed E-state index contributed by atoms with van der Waals surface area (Å²) in [6.45, 7) is 1.65. The molecular weight excluding hydrogens is 265 g/mol. The fourth-order valence-corrected chi connectivity index (χ4v) is 1.85. The fourth-order valence-electron chi connectivity index (χ4n) is 1.62. The van der Waals surface area contributed by atoms with Crippen LogP contribution in [0.1, 0.15) is 11.3 Å². The van der Waals surface area contributed by atoms with Gasteiger partial charge in [-0.1, -0.05) is 18.2 Å². The Morgan fingerprint density at radius 1 is 1.11 bits per heavy atom. The van der Waals surface area contributed by atoms with Crippen molar-refractivity contribution in [3.63, 3.8) is 0 Å². The summed E-state index contributed by atoms with van der Waals surface area (Å²) in [6, 6.07) is 6.70. The molecule has 18 heavy (non-hydrogen) atoms. The monoisotopic (exact) mass is 272 g/mol. The zero-order chi connectivity index (χ0) is 13.3. The molecule has 0 fully saturated rings. The van der Waals surface area contributed by atoms with Crippen LogP contribution in [0.15, 0.2) is 30.3 Å². The van der Waals surface area contributed by atoms with Gasteiger partial charge in [0.15, 0.2) is 0 Å². The van der Waals surface area contributed by atoms with Crippen molar-refractivity contribution in [2.75, 3.05) is 0 Å². The second-order valence-electron chi connectivity index (χ2n) is 3.71. The first-order valence-electron chi connectivity index (χ1n) is 5.06. The van der Waals surface area contributed by atoms with E-state index >= 15 is 0 Å². The number of alkyl halides is 3. The van der Waals surface area contributed by atoms with Crippen molar-refractivity contribution in [1.29, 1.82) is 0 Å². The maximum absolute atomic E-state index is 12.9. The van der Waals surface area contributed by atoms with Gasteiger partial charge in [0.05, 0.1) is 11.3 Å². The quantitative estimate of drug-likeness (QED) is 0.730. The van der Waals surface area contributed by atoms with Gasteiger partial charge in [-0.2, -0.15) is 13.2 Å². The molecule has 2 aromatic rings. The molecule has 2 rings (SSSR count). The van der Waals surface area contributed by atoms with Gasteiger partial charge in [-0.15, -0.1) is 0 Å². The number of benzene rings is 1. The lowest BCUT2D eigenvalue weighted by atomic mass is 10.0. The van der Waals surface area contributed by atoms with Crippen LogP contribution in [-0.4, -0.2) is 9.97 Å². The van der Waals surface area contributed by atoms with Gasteiger partial charge in [0.25, 0.3) is 0 Å². The van der Waals surface area contributed by atoms with Crippen molar-refractivity contribution in [2.24, 2.45) is 0 Å². The second kappa shape index (κ2) is 4.57. The van der Waals surface area contributed by atoms with Crippen LogP contribution in [0.4, 0.5) is 13.2 Å². The minimum Gasteiger partial charge on any atom is -0.223 e. The van der Waals surface area contributed by atoms with Gasteiger partial charge in [0, 0.05) is 11.3 Å². The van der Waals surface area contributed by atoms with E-state index in [1.807, 2.05) is 0 Å². The van der Waals surface area contributed by atoms with E-state index < -0.39 is 11.7 Å². The largest absolute Gasteiger partial charge is 0.417 e. The highest BCUT2D eigenvalue weighted by Crippen LogP contribution is 2.36. The van der Waals surface area contributed by atoms with Crippen molar-refractivity contribution in [3.05, 3.63) is 46.9 Å². The maximum Gasteiger partial charge on any atom is 0.417 e. The van der Waals surface area contributed by atoms with E-state index in [9.17, 15) is 13.2 Å². The first kappa shape index (κ1) is 12.8. The molecular formula is C12H8ClF3N2. The maximum atomic E-state index is 12.9. The second-order valence-corrected chi connectivity index (χ2v) is 4.05. The molecule has 2 nitrogen and oxygen atoms in total. The average Bonchev–Trinajstić information content (AvgIpc) is 2.26. The highest BCUT2D eigenvalue weighted by molar-refractivity contribution is 6.28. The van der Waals surface area contributed by atoms with Crippen molar-refractivity contribution in [3.8, 4) is 11.3 Å². The van der Waals surface area contributed by atoms with Crippen LogP contribution in [-0.2, 0) is 6.18 Å². The first-order chi connectivity index (χ1) is 8.38. The van der Waals surface area contributed by atoms with E-state index in [1.54, 1.807) is 6.92 Å². The Morgan fingerprint density at radius 2 is 1.78 bits per heavy atom. The SMILES string of the molecule is Cc1cc(-c2ccccc2C(F)(F)F)nc(Cl)n1. The van der Waals surface area contributed by atoms with Crippen LogP contribution in [0.5, 0.6) is 0 Å². The Morgan fingerprint density at radius 3 is 2.39 bits per heavy atom. The van der Waals surface area contributed by atoms with Crippen molar-refractivity contribution in [2.45, 2.75) is 13.1 Å². The minimum atomic E-state index is -4.43. The van der Waals surface area contributed by atoms with Crippen LogP contribution in [0, 0.1) is 6.92 Å². The zero-order valence-corrected chi connectivity index (χ0v) is 10.0. The Balaban J connectivity index is 2.64. The summed E-state index contributed by atoms with van der Waals surface area (Å²) in [5, 5.41) is -0.0676. The number of aryl methyl sites for hydroxylation is 1. The summed E-state index contributed by atoms with van der Waals surface area (Å²) < 4.78 is 38.6. The van der Waals surface area contributed by atoms with Crippen LogP contribution < -0.4 is 0 Å². The summed E-state index contributed by atoms with van der Waals surface area (Å²) in [6.07, 6.45) is -4.43. The fraction of sp³-hybridized carbons (Fsp3) is 0.167. The number of hydrogen-bond donors (Lipinski definition) is 0. The lowest BCUT2D eigenvalue weighted by molar-refractivity contribution is -0.137. The molecule has 0 saturated carbocycles. The van der Waals surface area contributed by atoms with Gasteiger partial charge in [0.1, 0.15) is 0 Å². The average molecular weight is 273 g/mol. The molecule has 0 spiro atoms. The van der Waals surface area contributed by atoms with E-state index in [2.05, 4.69) is 9.97 Å². The van der Waals surface area contributed by atoms with E-state index in [4.69, 9.17) is 11.6 Å². The highest BCUT2D eigenvalue weighted by atomic mass is 35.5. The van der Waals surface area contributed by atoms with Crippen LogP contribution in [0.25, 0.3) is 11.3 Å². The molecule has 0 aliphatic heterocycles. The molecule has 0 unspecified atom stereocenters. The third kappa shape index (κ3) is 2.61. The smallest absolute Gasteiger partial charge is 0.223 e. The zero-order valence-electron chi connectivity index (χ0n) is 9.29. The number of halogens is 4. The lowest BCUT2D eigenvalue weighted by Crippen LogP contribution is -2.07.